The molecule has 0 spiro atoms. The number of methoxy groups -OCH3 is 1. The number of esters is 1. The number of benzene rings is 1. The van der Waals surface area contributed by atoms with Crippen molar-refractivity contribution in [2.75, 3.05) is 33.9 Å². The Morgan fingerprint density at radius 1 is 1.33 bits per heavy atom. The number of hydrogen-bond donors (Lipinski definition) is 0. The van der Waals surface area contributed by atoms with Gasteiger partial charge in [-0.1, -0.05) is 11.6 Å². The van der Waals surface area contributed by atoms with Crippen LogP contribution in [0.15, 0.2) is 24.3 Å². The fraction of sp³-hybridized carbons (Fsp3) is 0.462. The molecule has 0 aliphatic carbocycles. The van der Waals surface area contributed by atoms with E-state index in [1.165, 1.54) is 7.11 Å². The van der Waals surface area contributed by atoms with E-state index < -0.39 is 0 Å². The van der Waals surface area contributed by atoms with Crippen LogP contribution in [-0.4, -0.2) is 44.7 Å². The Bertz CT molecular complexity index is 367. The van der Waals surface area contributed by atoms with Crippen molar-refractivity contribution in [3.05, 3.63) is 29.3 Å². The van der Waals surface area contributed by atoms with E-state index in [1.54, 1.807) is 12.1 Å². The van der Waals surface area contributed by atoms with Crippen molar-refractivity contribution in [2.24, 2.45) is 0 Å². The zero-order valence-electron chi connectivity index (χ0n) is 10.7. The van der Waals surface area contributed by atoms with E-state index in [-0.39, 0.29) is 5.97 Å². The van der Waals surface area contributed by atoms with Crippen molar-refractivity contribution in [3.8, 4) is 5.75 Å². The number of carbonyl (C=O) groups excluding carboxylic acids is 1. The second kappa shape index (κ2) is 7.95. The first-order valence-corrected chi connectivity index (χ1v) is 6.13. The Balaban J connectivity index is 2.14. The molecule has 0 aromatic heterocycles. The lowest BCUT2D eigenvalue weighted by atomic mass is 10.3. The van der Waals surface area contributed by atoms with Gasteiger partial charge in [-0.05, 0) is 37.7 Å². The van der Waals surface area contributed by atoms with Crippen molar-refractivity contribution in [2.45, 2.75) is 6.42 Å². The van der Waals surface area contributed by atoms with E-state index in [2.05, 4.69) is 4.74 Å². The van der Waals surface area contributed by atoms with Crippen LogP contribution in [0.25, 0.3) is 0 Å². The molecule has 5 heteroatoms. The third kappa shape index (κ3) is 5.89. The third-order valence-corrected chi connectivity index (χ3v) is 2.65. The Morgan fingerprint density at radius 3 is 2.61 bits per heavy atom. The van der Waals surface area contributed by atoms with Crippen LogP contribution in [0.1, 0.15) is 6.42 Å². The van der Waals surface area contributed by atoms with Gasteiger partial charge in [0.25, 0.3) is 0 Å². The molecule has 0 radical (unpaired) electrons. The van der Waals surface area contributed by atoms with Crippen LogP contribution in [-0.2, 0) is 9.53 Å². The summed E-state index contributed by atoms with van der Waals surface area (Å²) in [6.07, 6.45) is 0.843. The Labute approximate surface area is 112 Å². The molecule has 100 valence electrons. The number of halogens is 1. The molecular weight excluding hydrogens is 254 g/mol. The molecule has 0 fully saturated rings. The van der Waals surface area contributed by atoms with Crippen LogP contribution >= 0.6 is 11.6 Å². The fourth-order valence-electron chi connectivity index (χ4n) is 1.42. The predicted octanol–water partition coefficient (Wildman–Crippen LogP) is 2.21. The summed E-state index contributed by atoms with van der Waals surface area (Å²) in [5.41, 5.74) is 0. The Kier molecular flexibility index (Phi) is 6.54. The van der Waals surface area contributed by atoms with Gasteiger partial charge in [0, 0.05) is 11.6 Å². The van der Waals surface area contributed by atoms with Crippen molar-refractivity contribution >= 4 is 17.6 Å². The summed E-state index contributed by atoms with van der Waals surface area (Å²) in [7, 11) is 3.26. The molecule has 0 unspecified atom stereocenters. The molecule has 0 aliphatic rings. The Morgan fingerprint density at radius 2 is 2.00 bits per heavy atom. The van der Waals surface area contributed by atoms with E-state index in [4.69, 9.17) is 16.3 Å². The summed E-state index contributed by atoms with van der Waals surface area (Å²) in [5.74, 6) is 0.575. The van der Waals surface area contributed by atoms with E-state index in [9.17, 15) is 4.79 Å². The molecule has 0 bridgehead atoms. The minimum absolute atomic E-state index is 0.226. The van der Waals surface area contributed by atoms with Crippen LogP contribution in [0, 0.1) is 0 Å². The second-order valence-corrected chi connectivity index (χ2v) is 4.41. The number of carbonyl (C=O) groups is 1. The largest absolute Gasteiger partial charge is 0.494 e. The molecular formula is C13H18ClNO3. The summed E-state index contributed by atoms with van der Waals surface area (Å²) in [4.78, 5) is 12.9. The average molecular weight is 272 g/mol. The van der Waals surface area contributed by atoms with E-state index in [0.29, 0.717) is 18.2 Å². The number of hydrogen-bond acceptors (Lipinski definition) is 4. The predicted molar refractivity (Wildman–Crippen MR) is 71.1 cm³/mol. The van der Waals surface area contributed by atoms with Crippen LogP contribution in [0.5, 0.6) is 5.75 Å². The highest BCUT2D eigenvalue weighted by atomic mass is 35.5. The first kappa shape index (κ1) is 14.8. The SMILES string of the molecule is COC(=O)CN(C)CCCOc1ccc(Cl)cc1. The summed E-state index contributed by atoms with van der Waals surface area (Å²) in [6, 6.07) is 7.25. The van der Waals surface area contributed by atoms with Crippen LogP contribution in [0.4, 0.5) is 0 Å². The first-order chi connectivity index (χ1) is 8.61. The van der Waals surface area contributed by atoms with Gasteiger partial charge in [-0.3, -0.25) is 9.69 Å². The summed E-state index contributed by atoms with van der Waals surface area (Å²) < 4.78 is 10.1. The minimum atomic E-state index is -0.226. The molecule has 0 saturated carbocycles. The number of rotatable bonds is 7. The van der Waals surface area contributed by atoms with E-state index in [1.807, 2.05) is 24.1 Å². The number of likely N-dealkylation sites (N-methyl/N-ethyl adjacent to an activating group) is 1. The molecule has 1 rings (SSSR count). The maximum Gasteiger partial charge on any atom is 0.319 e. The lowest BCUT2D eigenvalue weighted by Gasteiger charge is -2.15. The highest BCUT2D eigenvalue weighted by Crippen LogP contribution is 2.15. The van der Waals surface area contributed by atoms with Gasteiger partial charge in [0.2, 0.25) is 0 Å². The third-order valence-electron chi connectivity index (χ3n) is 2.39. The molecule has 4 nitrogen and oxygen atoms in total. The van der Waals surface area contributed by atoms with Gasteiger partial charge in [0.15, 0.2) is 0 Å². The smallest absolute Gasteiger partial charge is 0.319 e. The lowest BCUT2D eigenvalue weighted by Crippen LogP contribution is -2.28. The van der Waals surface area contributed by atoms with Gasteiger partial charge in [-0.15, -0.1) is 0 Å². The summed E-state index contributed by atoms with van der Waals surface area (Å²) >= 11 is 5.77. The molecule has 1 aromatic carbocycles. The topological polar surface area (TPSA) is 38.8 Å². The standard InChI is InChI=1S/C13H18ClNO3/c1-15(10-13(16)17-2)8-3-9-18-12-6-4-11(14)5-7-12/h4-7H,3,8-10H2,1-2H3. The fourth-order valence-corrected chi connectivity index (χ4v) is 1.55. The first-order valence-electron chi connectivity index (χ1n) is 5.75. The van der Waals surface area contributed by atoms with Gasteiger partial charge in [0.1, 0.15) is 5.75 Å². The molecule has 0 aliphatic heterocycles. The van der Waals surface area contributed by atoms with Crippen LogP contribution in [0.3, 0.4) is 0 Å². The van der Waals surface area contributed by atoms with E-state index >= 15 is 0 Å². The van der Waals surface area contributed by atoms with Gasteiger partial charge in [-0.2, -0.15) is 0 Å². The van der Waals surface area contributed by atoms with Crippen molar-refractivity contribution < 1.29 is 14.3 Å². The average Bonchev–Trinajstić information content (AvgIpc) is 2.36. The second-order valence-electron chi connectivity index (χ2n) is 3.97. The summed E-state index contributed by atoms with van der Waals surface area (Å²) in [5, 5.41) is 0.695. The van der Waals surface area contributed by atoms with Gasteiger partial charge < -0.3 is 9.47 Å². The lowest BCUT2D eigenvalue weighted by molar-refractivity contribution is -0.141. The molecule has 0 heterocycles. The molecule has 0 N–H and O–H groups in total. The maximum atomic E-state index is 11.0. The van der Waals surface area contributed by atoms with Gasteiger partial charge in [-0.25, -0.2) is 0 Å². The molecule has 1 aromatic rings. The number of nitrogens with zero attached hydrogens (tertiary/aromatic N) is 1. The molecule has 0 atom stereocenters. The van der Waals surface area contributed by atoms with Crippen molar-refractivity contribution in [1.82, 2.24) is 4.90 Å². The quantitative estimate of drug-likeness (QED) is 0.563. The molecule has 0 amide bonds. The molecule has 0 saturated heterocycles. The normalized spacial score (nSPS) is 10.4. The number of ether oxygens (including phenoxy) is 2. The van der Waals surface area contributed by atoms with Gasteiger partial charge >= 0.3 is 5.97 Å². The summed E-state index contributed by atoms with van der Waals surface area (Å²) in [6.45, 7) is 1.69. The zero-order chi connectivity index (χ0) is 13.4. The van der Waals surface area contributed by atoms with Crippen LogP contribution < -0.4 is 4.74 Å². The monoisotopic (exact) mass is 271 g/mol. The highest BCUT2D eigenvalue weighted by Gasteiger charge is 2.05. The zero-order valence-corrected chi connectivity index (χ0v) is 11.4. The maximum absolute atomic E-state index is 11.0. The van der Waals surface area contributed by atoms with Crippen molar-refractivity contribution in [3.63, 3.8) is 0 Å². The Hall–Kier alpha value is -1.26. The van der Waals surface area contributed by atoms with Crippen LogP contribution in [0.2, 0.25) is 5.02 Å². The minimum Gasteiger partial charge on any atom is -0.494 e. The molecule has 18 heavy (non-hydrogen) atoms. The van der Waals surface area contributed by atoms with Crippen molar-refractivity contribution in [1.29, 1.82) is 0 Å². The highest BCUT2D eigenvalue weighted by molar-refractivity contribution is 6.30. The van der Waals surface area contributed by atoms with Gasteiger partial charge in [0.05, 0.1) is 20.3 Å². The van der Waals surface area contributed by atoms with E-state index in [0.717, 1.165) is 18.7 Å².